The Hall–Kier alpha value is -1.59. The Labute approximate surface area is 104 Å². The lowest BCUT2D eigenvalue weighted by molar-refractivity contribution is 0.0957. The van der Waals surface area contributed by atoms with E-state index in [9.17, 15) is 4.79 Å². The molecule has 2 aromatic rings. The molecular weight excluding hydrogens is 234 g/mol. The van der Waals surface area contributed by atoms with Gasteiger partial charge in [0.1, 0.15) is 5.00 Å². The number of nitrogens with two attached hydrogens (primary N) is 1. The van der Waals surface area contributed by atoms with Gasteiger partial charge in [-0.15, -0.1) is 11.3 Å². The van der Waals surface area contributed by atoms with Crippen molar-refractivity contribution < 1.29 is 4.79 Å². The molecule has 0 aromatic carbocycles. The standard InChI is InChI=1S/C12H15N3OS/c1-7-6-10(17-11(7)12(16)14-13)15-8(2)4-5-9(15)3/h4-6H,13H2,1-3H3,(H,14,16). The van der Waals surface area contributed by atoms with Crippen LogP contribution in [0.25, 0.3) is 5.00 Å². The number of nitrogens with one attached hydrogen (secondary N) is 1. The highest BCUT2D eigenvalue weighted by molar-refractivity contribution is 7.16. The summed E-state index contributed by atoms with van der Waals surface area (Å²) in [7, 11) is 0. The van der Waals surface area contributed by atoms with Crippen LogP contribution in [-0.2, 0) is 0 Å². The summed E-state index contributed by atoms with van der Waals surface area (Å²) < 4.78 is 2.13. The Morgan fingerprint density at radius 1 is 1.29 bits per heavy atom. The normalized spacial score (nSPS) is 10.6. The molecule has 0 bridgehead atoms. The number of amides is 1. The highest BCUT2D eigenvalue weighted by Gasteiger charge is 2.14. The zero-order chi connectivity index (χ0) is 12.6. The van der Waals surface area contributed by atoms with Crippen LogP contribution in [0.5, 0.6) is 0 Å². The second kappa shape index (κ2) is 4.35. The van der Waals surface area contributed by atoms with Gasteiger partial charge in [-0.25, -0.2) is 5.84 Å². The van der Waals surface area contributed by atoms with Crippen LogP contribution in [0.2, 0.25) is 0 Å². The molecular formula is C12H15N3OS. The lowest BCUT2D eigenvalue weighted by Crippen LogP contribution is -2.29. The second-order valence-electron chi connectivity index (χ2n) is 4.02. The molecule has 0 unspecified atom stereocenters. The fourth-order valence-electron chi connectivity index (χ4n) is 1.88. The summed E-state index contributed by atoms with van der Waals surface area (Å²) in [6, 6.07) is 6.13. The van der Waals surface area contributed by atoms with E-state index < -0.39 is 0 Å². The largest absolute Gasteiger partial charge is 0.310 e. The van der Waals surface area contributed by atoms with Crippen molar-refractivity contribution in [2.75, 3.05) is 0 Å². The van der Waals surface area contributed by atoms with Crippen molar-refractivity contribution in [2.45, 2.75) is 20.8 Å². The molecule has 1 amide bonds. The van der Waals surface area contributed by atoms with Gasteiger partial charge in [0.05, 0.1) is 4.88 Å². The second-order valence-corrected chi connectivity index (χ2v) is 5.05. The number of hydrazine groups is 1. The van der Waals surface area contributed by atoms with Gasteiger partial charge in [0.25, 0.3) is 5.91 Å². The van der Waals surface area contributed by atoms with E-state index in [0.717, 1.165) is 22.0 Å². The quantitative estimate of drug-likeness (QED) is 0.486. The topological polar surface area (TPSA) is 60.0 Å². The molecule has 4 nitrogen and oxygen atoms in total. The van der Waals surface area contributed by atoms with Crippen molar-refractivity contribution in [1.29, 1.82) is 0 Å². The van der Waals surface area contributed by atoms with Gasteiger partial charge in [0.2, 0.25) is 0 Å². The molecule has 0 aliphatic rings. The van der Waals surface area contributed by atoms with E-state index >= 15 is 0 Å². The van der Waals surface area contributed by atoms with Crippen molar-refractivity contribution in [1.82, 2.24) is 9.99 Å². The Bertz CT molecular complexity index is 549. The smallest absolute Gasteiger partial charge is 0.275 e. The number of rotatable bonds is 2. The van der Waals surface area contributed by atoms with Crippen LogP contribution in [0.15, 0.2) is 18.2 Å². The Balaban J connectivity index is 2.52. The maximum absolute atomic E-state index is 11.6. The van der Waals surface area contributed by atoms with Gasteiger partial charge in [-0.05, 0) is 44.5 Å². The van der Waals surface area contributed by atoms with Crippen molar-refractivity contribution in [3.63, 3.8) is 0 Å². The number of nitrogens with zero attached hydrogens (tertiary/aromatic N) is 1. The average Bonchev–Trinajstić information content (AvgIpc) is 2.81. The molecule has 3 N–H and O–H groups in total. The Morgan fingerprint density at radius 2 is 1.88 bits per heavy atom. The Kier molecular flexibility index (Phi) is 3.04. The van der Waals surface area contributed by atoms with Gasteiger partial charge in [-0.2, -0.15) is 0 Å². The highest BCUT2D eigenvalue weighted by Crippen LogP contribution is 2.27. The van der Waals surface area contributed by atoms with Crippen LogP contribution in [0, 0.1) is 20.8 Å². The van der Waals surface area contributed by atoms with Gasteiger partial charge in [-0.3, -0.25) is 10.2 Å². The van der Waals surface area contributed by atoms with Crippen LogP contribution >= 0.6 is 11.3 Å². The van der Waals surface area contributed by atoms with Crippen molar-refractivity contribution in [2.24, 2.45) is 5.84 Å². The van der Waals surface area contributed by atoms with E-state index in [1.54, 1.807) is 0 Å². The fourth-order valence-corrected chi connectivity index (χ4v) is 3.08. The van der Waals surface area contributed by atoms with Crippen molar-refractivity contribution in [3.8, 4) is 5.00 Å². The van der Waals surface area contributed by atoms with E-state index in [1.807, 2.05) is 26.8 Å². The lowest BCUT2D eigenvalue weighted by atomic mass is 10.3. The van der Waals surface area contributed by atoms with Crippen LogP contribution in [0.3, 0.4) is 0 Å². The molecule has 0 saturated carbocycles. The zero-order valence-electron chi connectivity index (χ0n) is 10.1. The average molecular weight is 249 g/mol. The predicted molar refractivity (Wildman–Crippen MR) is 69.5 cm³/mol. The minimum absolute atomic E-state index is 0.235. The molecule has 0 radical (unpaired) electrons. The lowest BCUT2D eigenvalue weighted by Gasteiger charge is -2.05. The molecule has 0 atom stereocenters. The molecule has 0 aliphatic heterocycles. The van der Waals surface area contributed by atoms with Crippen LogP contribution < -0.4 is 11.3 Å². The van der Waals surface area contributed by atoms with Crippen LogP contribution in [0.4, 0.5) is 0 Å². The first-order valence-electron chi connectivity index (χ1n) is 5.31. The molecule has 2 aromatic heterocycles. The minimum atomic E-state index is -0.235. The monoisotopic (exact) mass is 249 g/mol. The zero-order valence-corrected chi connectivity index (χ0v) is 10.9. The van der Waals surface area contributed by atoms with E-state index in [2.05, 4.69) is 22.1 Å². The summed E-state index contributed by atoms with van der Waals surface area (Å²) in [5.74, 6) is 4.93. The first-order valence-corrected chi connectivity index (χ1v) is 6.13. The highest BCUT2D eigenvalue weighted by atomic mass is 32.1. The summed E-state index contributed by atoms with van der Waals surface area (Å²) in [5.41, 5.74) is 5.43. The van der Waals surface area contributed by atoms with Gasteiger partial charge in [-0.1, -0.05) is 0 Å². The first kappa shape index (κ1) is 11.9. The number of nitrogen functional groups attached to an aromatic ring is 1. The number of hydrogen-bond acceptors (Lipinski definition) is 3. The molecule has 0 aliphatic carbocycles. The van der Waals surface area contributed by atoms with E-state index in [0.29, 0.717) is 4.88 Å². The molecule has 0 saturated heterocycles. The molecule has 0 fully saturated rings. The van der Waals surface area contributed by atoms with E-state index in [4.69, 9.17) is 5.84 Å². The third-order valence-electron chi connectivity index (χ3n) is 2.73. The summed E-state index contributed by atoms with van der Waals surface area (Å²) in [6.45, 7) is 6.01. The van der Waals surface area contributed by atoms with Crippen LogP contribution in [0.1, 0.15) is 26.6 Å². The maximum atomic E-state index is 11.6. The summed E-state index contributed by atoms with van der Waals surface area (Å²) in [4.78, 5) is 12.2. The third kappa shape index (κ3) is 1.99. The number of aromatic nitrogens is 1. The molecule has 17 heavy (non-hydrogen) atoms. The predicted octanol–water partition coefficient (Wildman–Crippen LogP) is 2.07. The van der Waals surface area contributed by atoms with E-state index in [-0.39, 0.29) is 5.91 Å². The molecule has 5 heteroatoms. The number of aryl methyl sites for hydroxylation is 3. The Morgan fingerprint density at radius 3 is 2.41 bits per heavy atom. The SMILES string of the molecule is Cc1cc(-n2c(C)ccc2C)sc1C(=O)NN. The number of thiophene rings is 1. The third-order valence-corrected chi connectivity index (χ3v) is 3.95. The molecule has 90 valence electrons. The van der Waals surface area contributed by atoms with Gasteiger partial charge >= 0.3 is 0 Å². The summed E-state index contributed by atoms with van der Waals surface area (Å²) >= 11 is 1.45. The van der Waals surface area contributed by atoms with Crippen molar-refractivity contribution in [3.05, 3.63) is 40.0 Å². The molecule has 2 rings (SSSR count). The van der Waals surface area contributed by atoms with E-state index in [1.165, 1.54) is 11.3 Å². The molecule has 0 spiro atoms. The minimum Gasteiger partial charge on any atom is -0.310 e. The van der Waals surface area contributed by atoms with Crippen molar-refractivity contribution >= 4 is 17.2 Å². The summed E-state index contributed by atoms with van der Waals surface area (Å²) in [6.07, 6.45) is 0. The number of carbonyl (C=O) groups is 1. The fraction of sp³-hybridized carbons (Fsp3) is 0.250. The van der Waals surface area contributed by atoms with Gasteiger partial charge < -0.3 is 4.57 Å². The first-order chi connectivity index (χ1) is 8.04. The number of hydrogen-bond donors (Lipinski definition) is 2. The maximum Gasteiger partial charge on any atom is 0.275 e. The summed E-state index contributed by atoms with van der Waals surface area (Å²) in [5, 5.41) is 1.04. The van der Waals surface area contributed by atoms with Gasteiger partial charge in [0.15, 0.2) is 0 Å². The molecule has 2 heterocycles. The van der Waals surface area contributed by atoms with Gasteiger partial charge in [0, 0.05) is 11.4 Å². The van der Waals surface area contributed by atoms with Crippen LogP contribution in [-0.4, -0.2) is 10.5 Å². The number of carbonyl (C=O) groups excluding carboxylic acids is 1.